The number of rotatable bonds is 4. The molecule has 0 unspecified atom stereocenters. The first-order valence-electron chi connectivity index (χ1n) is 6.93. The van der Waals surface area contributed by atoms with E-state index in [4.69, 9.17) is 0 Å². The zero-order valence-corrected chi connectivity index (χ0v) is 10.5. The van der Waals surface area contributed by atoms with Crippen LogP contribution in [0.4, 0.5) is 0 Å². The Kier molecular flexibility index (Phi) is 2.65. The molecule has 4 bridgehead atoms. The van der Waals surface area contributed by atoms with Crippen molar-refractivity contribution in [1.82, 2.24) is 0 Å². The second kappa shape index (κ2) is 3.97. The molecule has 2 N–H and O–H groups in total. The average molecular weight is 252 g/mol. The highest BCUT2D eigenvalue weighted by molar-refractivity contribution is 5.72. The Hall–Kier alpha value is -1.06. The van der Waals surface area contributed by atoms with Gasteiger partial charge >= 0.3 is 11.9 Å². The molecule has 0 atom stereocenters. The second-order valence-corrected chi connectivity index (χ2v) is 6.68. The highest BCUT2D eigenvalue weighted by Gasteiger charge is 2.58. The number of carbonyl (C=O) groups is 2. The fourth-order valence-corrected chi connectivity index (χ4v) is 5.33. The van der Waals surface area contributed by atoms with Crippen molar-refractivity contribution in [3.8, 4) is 0 Å². The highest BCUT2D eigenvalue weighted by Crippen LogP contribution is 2.64. The van der Waals surface area contributed by atoms with Gasteiger partial charge in [-0.25, -0.2) is 0 Å². The minimum absolute atomic E-state index is 0.0497. The van der Waals surface area contributed by atoms with E-state index in [1.54, 1.807) is 0 Å². The SMILES string of the molecule is O=C(O)CC1(CC(=O)O)C2CC3CC(C2)CC1C3. The van der Waals surface area contributed by atoms with Crippen LogP contribution in [0.2, 0.25) is 0 Å². The summed E-state index contributed by atoms with van der Waals surface area (Å²) in [7, 11) is 0. The summed E-state index contributed by atoms with van der Waals surface area (Å²) in [4.78, 5) is 22.4. The predicted octanol–water partition coefficient (Wildman–Crippen LogP) is 2.38. The van der Waals surface area contributed by atoms with Crippen LogP contribution in [0.5, 0.6) is 0 Å². The van der Waals surface area contributed by atoms with Crippen LogP contribution >= 0.6 is 0 Å². The Balaban J connectivity index is 1.92. The van der Waals surface area contributed by atoms with Gasteiger partial charge in [0.25, 0.3) is 0 Å². The number of hydrogen-bond donors (Lipinski definition) is 2. The van der Waals surface area contributed by atoms with Crippen LogP contribution in [-0.4, -0.2) is 22.2 Å². The molecule has 4 fully saturated rings. The molecule has 0 radical (unpaired) electrons. The topological polar surface area (TPSA) is 74.6 Å². The lowest BCUT2D eigenvalue weighted by molar-refractivity contribution is -0.165. The van der Waals surface area contributed by atoms with E-state index in [1.807, 2.05) is 0 Å². The maximum absolute atomic E-state index is 11.2. The van der Waals surface area contributed by atoms with Crippen molar-refractivity contribution in [2.45, 2.75) is 44.9 Å². The van der Waals surface area contributed by atoms with Crippen LogP contribution in [0.15, 0.2) is 0 Å². The minimum atomic E-state index is -0.830. The van der Waals surface area contributed by atoms with Crippen LogP contribution in [0.3, 0.4) is 0 Å². The van der Waals surface area contributed by atoms with E-state index in [0.717, 1.165) is 37.5 Å². The van der Waals surface area contributed by atoms with E-state index >= 15 is 0 Å². The zero-order valence-electron chi connectivity index (χ0n) is 10.5. The molecular formula is C14H20O4. The molecule has 0 aromatic carbocycles. The fourth-order valence-electron chi connectivity index (χ4n) is 5.33. The van der Waals surface area contributed by atoms with E-state index in [1.165, 1.54) is 6.42 Å². The normalized spacial score (nSPS) is 39.8. The van der Waals surface area contributed by atoms with Gasteiger partial charge in [-0.2, -0.15) is 0 Å². The molecule has 0 spiro atoms. The third-order valence-corrected chi connectivity index (χ3v) is 5.72. The van der Waals surface area contributed by atoms with Gasteiger partial charge < -0.3 is 10.2 Å². The van der Waals surface area contributed by atoms with Crippen molar-refractivity contribution in [2.75, 3.05) is 0 Å². The lowest BCUT2D eigenvalue weighted by Gasteiger charge is -2.60. The molecular weight excluding hydrogens is 232 g/mol. The van der Waals surface area contributed by atoms with Gasteiger partial charge in [0.15, 0.2) is 0 Å². The van der Waals surface area contributed by atoms with Gasteiger partial charge in [0.1, 0.15) is 0 Å². The maximum atomic E-state index is 11.2. The average Bonchev–Trinajstić information content (AvgIpc) is 2.23. The van der Waals surface area contributed by atoms with Gasteiger partial charge in [0, 0.05) is 0 Å². The van der Waals surface area contributed by atoms with E-state index in [-0.39, 0.29) is 12.8 Å². The monoisotopic (exact) mass is 252 g/mol. The first-order chi connectivity index (χ1) is 8.49. The first kappa shape index (κ1) is 12.0. The maximum Gasteiger partial charge on any atom is 0.303 e. The smallest absolute Gasteiger partial charge is 0.303 e. The van der Waals surface area contributed by atoms with Crippen molar-refractivity contribution in [3.63, 3.8) is 0 Å². The molecule has 0 heterocycles. The molecule has 18 heavy (non-hydrogen) atoms. The molecule has 0 saturated heterocycles. The number of carboxylic acid groups (broad SMARTS) is 2. The lowest BCUT2D eigenvalue weighted by Crippen LogP contribution is -2.54. The summed E-state index contributed by atoms with van der Waals surface area (Å²) in [6.45, 7) is 0. The third-order valence-electron chi connectivity index (χ3n) is 5.72. The van der Waals surface area contributed by atoms with Gasteiger partial charge in [0.05, 0.1) is 12.8 Å². The summed E-state index contributed by atoms with van der Waals surface area (Å²) in [5.74, 6) is 0.487. The Morgan fingerprint density at radius 3 is 1.56 bits per heavy atom. The van der Waals surface area contributed by atoms with Crippen molar-refractivity contribution >= 4 is 11.9 Å². The van der Waals surface area contributed by atoms with Gasteiger partial charge in [-0.15, -0.1) is 0 Å². The Morgan fingerprint density at radius 2 is 1.22 bits per heavy atom. The summed E-state index contributed by atoms with van der Waals surface area (Å²) in [5.41, 5.74) is -0.453. The molecule has 0 aromatic rings. The molecule has 0 aliphatic heterocycles. The molecule has 0 amide bonds. The Morgan fingerprint density at radius 1 is 0.833 bits per heavy atom. The third kappa shape index (κ3) is 1.73. The molecule has 4 saturated carbocycles. The predicted molar refractivity (Wildman–Crippen MR) is 64.0 cm³/mol. The van der Waals surface area contributed by atoms with Gasteiger partial charge in [-0.05, 0) is 61.2 Å². The summed E-state index contributed by atoms with van der Waals surface area (Å²) in [5, 5.41) is 18.4. The highest BCUT2D eigenvalue weighted by atomic mass is 16.4. The van der Waals surface area contributed by atoms with Crippen molar-refractivity contribution in [2.24, 2.45) is 29.1 Å². The fraction of sp³-hybridized carbons (Fsp3) is 0.857. The van der Waals surface area contributed by atoms with Crippen molar-refractivity contribution < 1.29 is 19.8 Å². The largest absolute Gasteiger partial charge is 0.481 e. The zero-order chi connectivity index (χ0) is 12.9. The lowest BCUT2D eigenvalue weighted by atomic mass is 9.44. The van der Waals surface area contributed by atoms with Crippen molar-refractivity contribution in [3.05, 3.63) is 0 Å². The van der Waals surface area contributed by atoms with Gasteiger partial charge in [-0.3, -0.25) is 9.59 Å². The molecule has 4 aliphatic carbocycles. The Labute approximate surface area is 106 Å². The van der Waals surface area contributed by atoms with E-state index in [0.29, 0.717) is 11.8 Å². The van der Waals surface area contributed by atoms with E-state index < -0.39 is 17.4 Å². The second-order valence-electron chi connectivity index (χ2n) is 6.68. The minimum Gasteiger partial charge on any atom is -0.481 e. The number of hydrogen-bond acceptors (Lipinski definition) is 2. The molecule has 4 aliphatic rings. The van der Waals surface area contributed by atoms with Crippen LogP contribution in [-0.2, 0) is 9.59 Å². The summed E-state index contributed by atoms with van der Waals surface area (Å²) in [6.07, 6.45) is 5.65. The first-order valence-corrected chi connectivity index (χ1v) is 6.93. The molecule has 100 valence electrons. The molecule has 4 rings (SSSR count). The molecule has 0 aromatic heterocycles. The Bertz CT molecular complexity index is 341. The van der Waals surface area contributed by atoms with Gasteiger partial charge in [0.2, 0.25) is 0 Å². The quantitative estimate of drug-likeness (QED) is 0.805. The van der Waals surface area contributed by atoms with Gasteiger partial charge in [-0.1, -0.05) is 0 Å². The van der Waals surface area contributed by atoms with Crippen molar-refractivity contribution in [1.29, 1.82) is 0 Å². The van der Waals surface area contributed by atoms with Crippen LogP contribution in [0.1, 0.15) is 44.9 Å². The van der Waals surface area contributed by atoms with E-state index in [2.05, 4.69) is 0 Å². The number of aliphatic carboxylic acids is 2. The summed E-state index contributed by atoms with van der Waals surface area (Å²) < 4.78 is 0. The molecule has 4 heteroatoms. The number of carboxylic acids is 2. The summed E-state index contributed by atoms with van der Waals surface area (Å²) in [6, 6.07) is 0. The standard InChI is InChI=1S/C14H20O4/c15-12(16)6-14(7-13(17)18)10-2-8-1-9(4-10)5-11(14)3-8/h8-11H,1-7H2,(H,15,16)(H,17,18). The van der Waals surface area contributed by atoms with E-state index in [9.17, 15) is 19.8 Å². The molecule has 4 nitrogen and oxygen atoms in total. The van der Waals surface area contributed by atoms with Crippen LogP contribution in [0.25, 0.3) is 0 Å². The summed E-state index contributed by atoms with van der Waals surface area (Å²) >= 11 is 0. The van der Waals surface area contributed by atoms with Crippen LogP contribution < -0.4 is 0 Å². The van der Waals surface area contributed by atoms with Crippen LogP contribution in [0, 0.1) is 29.1 Å².